The van der Waals surface area contributed by atoms with Crippen LogP contribution < -0.4 is 10.1 Å². The first-order valence-electron chi connectivity index (χ1n) is 11.2. The van der Waals surface area contributed by atoms with Crippen LogP contribution in [0.4, 0.5) is 0 Å². The second-order valence-electron chi connectivity index (χ2n) is 9.69. The maximum absolute atomic E-state index is 10.6. The first-order chi connectivity index (χ1) is 15.4. The number of hydrogen-bond donors (Lipinski definition) is 2. The summed E-state index contributed by atoms with van der Waals surface area (Å²) in [5.74, 6) is 1.81. The molecule has 7 heteroatoms. The van der Waals surface area contributed by atoms with Crippen molar-refractivity contribution < 1.29 is 14.4 Å². The van der Waals surface area contributed by atoms with Crippen molar-refractivity contribution in [2.24, 2.45) is 5.92 Å². The lowest BCUT2D eigenvalue weighted by atomic mass is 9.88. The van der Waals surface area contributed by atoms with Gasteiger partial charge in [0.15, 0.2) is 11.9 Å². The van der Waals surface area contributed by atoms with E-state index in [4.69, 9.17) is 20.9 Å². The van der Waals surface area contributed by atoms with E-state index >= 15 is 0 Å². The van der Waals surface area contributed by atoms with Crippen LogP contribution in [0, 0.1) is 5.92 Å². The van der Waals surface area contributed by atoms with Gasteiger partial charge in [-0.2, -0.15) is 0 Å². The summed E-state index contributed by atoms with van der Waals surface area (Å²) in [6, 6.07) is 6.00. The summed E-state index contributed by atoms with van der Waals surface area (Å²) >= 11 is 6.56. The Morgan fingerprint density at radius 1 is 1.12 bits per heavy atom. The van der Waals surface area contributed by atoms with Gasteiger partial charge in [-0.05, 0) is 61.9 Å². The molecular weight excluding hydrogens is 426 g/mol. The molecule has 6 nitrogen and oxygen atoms in total. The number of nitrogens with one attached hydrogen (secondary N) is 1. The minimum atomic E-state index is -0.755. The lowest BCUT2D eigenvalue weighted by molar-refractivity contribution is 0.0213. The molecule has 32 heavy (non-hydrogen) atoms. The number of halogens is 1. The second-order valence-corrected chi connectivity index (χ2v) is 10.1. The molecule has 4 heterocycles. The van der Waals surface area contributed by atoms with Crippen molar-refractivity contribution in [1.29, 1.82) is 0 Å². The fourth-order valence-electron chi connectivity index (χ4n) is 5.33. The lowest BCUT2D eigenvalue weighted by Gasteiger charge is -2.24. The van der Waals surface area contributed by atoms with Gasteiger partial charge >= 0.3 is 0 Å². The molecule has 0 amide bonds. The number of ether oxygens (including phenoxy) is 1. The average molecular weight is 452 g/mol. The Kier molecular flexibility index (Phi) is 4.61. The molecule has 0 bridgehead atoms. The van der Waals surface area contributed by atoms with Crippen LogP contribution in [-0.2, 0) is 32.2 Å². The summed E-state index contributed by atoms with van der Waals surface area (Å²) in [6.45, 7) is 5.43. The second kappa shape index (κ2) is 7.30. The minimum absolute atomic E-state index is 0.139. The minimum Gasteiger partial charge on any atom is -0.481 e. The zero-order valence-electron chi connectivity index (χ0n) is 18.2. The van der Waals surface area contributed by atoms with Gasteiger partial charge in [-0.15, -0.1) is 0 Å². The molecule has 0 saturated carbocycles. The van der Waals surface area contributed by atoms with Gasteiger partial charge in [-0.25, -0.2) is 0 Å². The van der Waals surface area contributed by atoms with Crippen LogP contribution in [-0.4, -0.2) is 27.4 Å². The molecule has 2 aromatic heterocycles. The van der Waals surface area contributed by atoms with Crippen LogP contribution >= 0.6 is 11.6 Å². The van der Waals surface area contributed by atoms with Crippen LogP contribution in [0.5, 0.6) is 5.75 Å². The van der Waals surface area contributed by atoms with Gasteiger partial charge in [0.2, 0.25) is 0 Å². The first kappa shape index (κ1) is 20.2. The summed E-state index contributed by atoms with van der Waals surface area (Å²) < 4.78 is 12.3. The van der Waals surface area contributed by atoms with E-state index in [2.05, 4.69) is 15.5 Å². The molecule has 166 valence electrons. The quantitative estimate of drug-likeness (QED) is 0.621. The van der Waals surface area contributed by atoms with Gasteiger partial charge in [0.25, 0.3) is 0 Å². The maximum atomic E-state index is 10.6. The standard InChI is InChI=1S/C25H26ClN3O3/c1-25(2,30)14-9-17-16(3-6-28-21(17)10-14)18-11-15(26)7-13-8-22(31-23(13)18)24-19-12-27-5-4-20(19)29-32-24/h3,6-7,11,14,22,27,30H,4-5,8-10,12H2,1-2H3. The van der Waals surface area contributed by atoms with Crippen molar-refractivity contribution in [3.05, 3.63) is 63.3 Å². The number of nitrogens with zero attached hydrogens (tertiary/aromatic N) is 2. The van der Waals surface area contributed by atoms with E-state index in [-0.39, 0.29) is 12.0 Å². The van der Waals surface area contributed by atoms with E-state index < -0.39 is 5.60 Å². The fourth-order valence-corrected chi connectivity index (χ4v) is 5.57. The van der Waals surface area contributed by atoms with E-state index in [0.717, 1.165) is 77.5 Å². The first-order valence-corrected chi connectivity index (χ1v) is 11.6. The highest BCUT2D eigenvalue weighted by Gasteiger charge is 2.37. The number of aliphatic hydroxyl groups is 1. The van der Waals surface area contributed by atoms with Crippen LogP contribution in [0.2, 0.25) is 5.02 Å². The summed E-state index contributed by atoms with van der Waals surface area (Å²) in [5, 5.41) is 19.0. The molecule has 0 fully saturated rings. The van der Waals surface area contributed by atoms with E-state index in [0.29, 0.717) is 11.4 Å². The van der Waals surface area contributed by atoms with Crippen molar-refractivity contribution >= 4 is 11.6 Å². The van der Waals surface area contributed by atoms with Crippen LogP contribution in [0.25, 0.3) is 11.1 Å². The van der Waals surface area contributed by atoms with Crippen LogP contribution in [0.3, 0.4) is 0 Å². The third-order valence-electron chi connectivity index (χ3n) is 7.15. The number of pyridine rings is 1. The van der Waals surface area contributed by atoms with Gasteiger partial charge in [-0.3, -0.25) is 4.98 Å². The third kappa shape index (κ3) is 3.24. The molecule has 2 atom stereocenters. The smallest absolute Gasteiger partial charge is 0.182 e. The predicted octanol–water partition coefficient (Wildman–Crippen LogP) is 4.20. The normalized spacial score (nSPS) is 21.8. The Bertz CT molecular complexity index is 1210. The third-order valence-corrected chi connectivity index (χ3v) is 7.37. The summed E-state index contributed by atoms with van der Waals surface area (Å²) in [6.07, 6.45) is 4.77. The molecule has 6 rings (SSSR count). The molecule has 0 saturated heterocycles. The van der Waals surface area contributed by atoms with Crippen molar-refractivity contribution in [2.45, 2.75) is 57.8 Å². The van der Waals surface area contributed by atoms with Crippen molar-refractivity contribution in [3.8, 4) is 16.9 Å². The van der Waals surface area contributed by atoms with Crippen LogP contribution in [0.1, 0.15) is 53.8 Å². The number of fused-ring (bicyclic) bond motifs is 3. The molecule has 2 N–H and O–H groups in total. The molecule has 1 aromatic carbocycles. The number of benzene rings is 1. The van der Waals surface area contributed by atoms with E-state index in [1.807, 2.05) is 38.2 Å². The average Bonchev–Trinajstić information content (AvgIpc) is 3.47. The Labute approximate surface area is 191 Å². The number of rotatable bonds is 3. The zero-order valence-corrected chi connectivity index (χ0v) is 19.0. The summed E-state index contributed by atoms with van der Waals surface area (Å²) in [7, 11) is 0. The highest BCUT2D eigenvalue weighted by molar-refractivity contribution is 6.31. The molecule has 0 spiro atoms. The van der Waals surface area contributed by atoms with Gasteiger partial charge < -0.3 is 19.7 Å². The molecule has 1 aliphatic carbocycles. The van der Waals surface area contributed by atoms with E-state index in [9.17, 15) is 5.11 Å². The monoisotopic (exact) mass is 451 g/mol. The number of hydrogen-bond acceptors (Lipinski definition) is 6. The predicted molar refractivity (Wildman–Crippen MR) is 121 cm³/mol. The molecule has 2 aliphatic heterocycles. The number of aromatic nitrogens is 2. The van der Waals surface area contributed by atoms with Crippen molar-refractivity contribution in [2.75, 3.05) is 6.54 Å². The molecular formula is C25H26ClN3O3. The van der Waals surface area contributed by atoms with Crippen molar-refractivity contribution in [1.82, 2.24) is 15.5 Å². The Balaban J connectivity index is 1.39. The van der Waals surface area contributed by atoms with Gasteiger partial charge in [0, 0.05) is 59.5 Å². The van der Waals surface area contributed by atoms with Crippen molar-refractivity contribution in [3.63, 3.8) is 0 Å². The highest BCUT2D eigenvalue weighted by Crippen LogP contribution is 2.48. The molecule has 3 aliphatic rings. The largest absolute Gasteiger partial charge is 0.481 e. The van der Waals surface area contributed by atoms with Gasteiger partial charge in [0.1, 0.15) is 5.75 Å². The van der Waals surface area contributed by atoms with Gasteiger partial charge in [0.05, 0.1) is 11.3 Å². The zero-order chi connectivity index (χ0) is 22.0. The Hall–Kier alpha value is -2.41. The van der Waals surface area contributed by atoms with Gasteiger partial charge in [-0.1, -0.05) is 16.8 Å². The molecule has 2 unspecified atom stereocenters. The maximum Gasteiger partial charge on any atom is 0.182 e. The summed E-state index contributed by atoms with van der Waals surface area (Å²) in [5.41, 5.74) is 6.77. The Morgan fingerprint density at radius 2 is 2.00 bits per heavy atom. The highest BCUT2D eigenvalue weighted by atomic mass is 35.5. The molecule has 3 aromatic rings. The topological polar surface area (TPSA) is 80.4 Å². The molecule has 0 radical (unpaired) electrons. The Morgan fingerprint density at radius 3 is 2.84 bits per heavy atom. The summed E-state index contributed by atoms with van der Waals surface area (Å²) in [4.78, 5) is 4.61. The van der Waals surface area contributed by atoms with Crippen LogP contribution in [0.15, 0.2) is 28.9 Å². The lowest BCUT2D eigenvalue weighted by Crippen LogP contribution is -2.31. The fraction of sp³-hybridized carbons (Fsp3) is 0.440. The SMILES string of the molecule is CC(C)(O)C1Cc2nccc(-c3cc(Cl)cc4c3OC(c3onc5c3CNCC5)C4)c2C1. The van der Waals surface area contributed by atoms with E-state index in [1.54, 1.807) is 0 Å². The van der Waals surface area contributed by atoms with E-state index in [1.165, 1.54) is 5.56 Å².